The number of nitrogens with zero attached hydrogens (tertiary/aromatic N) is 5. The van der Waals surface area contributed by atoms with Gasteiger partial charge in [-0.05, 0) is 0 Å². The van der Waals surface area contributed by atoms with Crippen molar-refractivity contribution in [2.24, 2.45) is 16.1 Å². The molecule has 0 radical (unpaired) electrons. The maximum absolute atomic E-state index is 11.4. The molecular formula is C11H18N6O5. The van der Waals surface area contributed by atoms with E-state index in [1.807, 2.05) is 0 Å². The third-order valence-electron chi connectivity index (χ3n) is 3.11. The normalized spacial score (nSPS) is 28.4. The smallest absolute Gasteiger partial charge is 0.271 e. The predicted octanol–water partition coefficient (Wildman–Crippen LogP) is -1.85. The Labute approximate surface area is 125 Å². The molecule has 0 bridgehead atoms. The molecule has 1 amide bonds. The Morgan fingerprint density at radius 3 is 2.68 bits per heavy atom. The van der Waals surface area contributed by atoms with Crippen molar-refractivity contribution in [2.75, 3.05) is 20.7 Å². The van der Waals surface area contributed by atoms with Crippen LogP contribution in [0.3, 0.4) is 0 Å². The molecule has 1 aromatic rings. The minimum atomic E-state index is -1.33. The Bertz CT molecular complexity index is 573. The number of primary amides is 1. The molecule has 1 saturated heterocycles. The summed E-state index contributed by atoms with van der Waals surface area (Å²) in [6.45, 7) is -0.472. The number of carbonyl (C=O) groups excluding carboxylic acids is 1. The number of ether oxygens (including phenoxy) is 1. The van der Waals surface area contributed by atoms with E-state index < -0.39 is 37.1 Å². The zero-order valence-corrected chi connectivity index (χ0v) is 12.1. The first-order chi connectivity index (χ1) is 10.4. The maximum Gasteiger partial charge on any atom is 0.271 e. The summed E-state index contributed by atoms with van der Waals surface area (Å²) in [5.74, 6) is -0.839. The summed E-state index contributed by atoms with van der Waals surface area (Å²) in [5.41, 5.74) is 5.08. The molecule has 0 aromatic carbocycles. The number of imidazole rings is 1. The largest absolute Gasteiger partial charge is 0.394 e. The number of aromatic nitrogens is 2. The molecule has 4 atom stereocenters. The van der Waals surface area contributed by atoms with E-state index in [1.165, 1.54) is 15.9 Å². The Morgan fingerprint density at radius 1 is 1.50 bits per heavy atom. The summed E-state index contributed by atoms with van der Waals surface area (Å²) in [6.07, 6.45) is -3.46. The molecule has 1 aliphatic rings. The van der Waals surface area contributed by atoms with Crippen molar-refractivity contribution in [1.82, 2.24) is 14.6 Å². The van der Waals surface area contributed by atoms with Gasteiger partial charge in [-0.25, -0.2) is 4.98 Å². The third kappa shape index (κ3) is 2.92. The molecule has 1 aliphatic heterocycles. The molecule has 0 saturated carbocycles. The van der Waals surface area contributed by atoms with Crippen LogP contribution >= 0.6 is 0 Å². The first kappa shape index (κ1) is 16.3. The summed E-state index contributed by atoms with van der Waals surface area (Å²) in [4.78, 5) is 15.2. The molecule has 11 nitrogen and oxygen atoms in total. The molecule has 4 unspecified atom stereocenters. The molecule has 1 fully saturated rings. The van der Waals surface area contributed by atoms with Crippen LogP contribution in [0.4, 0.5) is 5.82 Å². The molecule has 0 aliphatic carbocycles. The standard InChI is InChI=1S/C11H18N6O5/c1-16(2)15-14-10-6(9(12)21)13-4-17(10)11-8(20)7(19)5(3-18)22-11/h4-5,7-8,11,18-20H,3H2,1-2H3,(H2,12,21)/b15-14-. The van der Waals surface area contributed by atoms with Crippen LogP contribution < -0.4 is 5.73 Å². The van der Waals surface area contributed by atoms with Gasteiger partial charge in [0.05, 0.1) is 12.9 Å². The van der Waals surface area contributed by atoms with Gasteiger partial charge in [0.2, 0.25) is 0 Å². The zero-order chi connectivity index (χ0) is 16.4. The Morgan fingerprint density at radius 2 is 2.18 bits per heavy atom. The molecule has 22 heavy (non-hydrogen) atoms. The van der Waals surface area contributed by atoms with E-state index >= 15 is 0 Å². The molecule has 11 heteroatoms. The fraction of sp³-hybridized carbons (Fsp3) is 0.636. The summed E-state index contributed by atoms with van der Waals surface area (Å²) in [6, 6.07) is 0. The minimum Gasteiger partial charge on any atom is -0.394 e. The van der Waals surface area contributed by atoms with Crippen molar-refractivity contribution in [3.05, 3.63) is 12.0 Å². The predicted molar refractivity (Wildman–Crippen MR) is 72.0 cm³/mol. The van der Waals surface area contributed by atoms with E-state index in [-0.39, 0.29) is 11.5 Å². The molecule has 2 heterocycles. The van der Waals surface area contributed by atoms with E-state index in [9.17, 15) is 15.0 Å². The van der Waals surface area contributed by atoms with Crippen molar-refractivity contribution in [3.8, 4) is 0 Å². The second-order valence-electron chi connectivity index (χ2n) is 4.95. The topological polar surface area (TPSA) is 159 Å². The zero-order valence-electron chi connectivity index (χ0n) is 12.1. The number of aliphatic hydroxyl groups excluding tert-OH is 3. The van der Waals surface area contributed by atoms with Gasteiger partial charge < -0.3 is 25.8 Å². The molecule has 2 rings (SSSR count). The van der Waals surface area contributed by atoms with Gasteiger partial charge in [-0.15, -0.1) is 5.11 Å². The van der Waals surface area contributed by atoms with Crippen LogP contribution in [0.5, 0.6) is 0 Å². The van der Waals surface area contributed by atoms with Gasteiger partial charge in [0.1, 0.15) is 18.3 Å². The van der Waals surface area contributed by atoms with Crippen LogP contribution in [0, 0.1) is 0 Å². The highest BCUT2D eigenvalue weighted by molar-refractivity contribution is 5.95. The van der Waals surface area contributed by atoms with Gasteiger partial charge in [-0.3, -0.25) is 14.4 Å². The average molecular weight is 314 g/mol. The number of aliphatic hydroxyl groups is 3. The molecule has 1 aromatic heterocycles. The number of hydrogen-bond donors (Lipinski definition) is 4. The van der Waals surface area contributed by atoms with Crippen molar-refractivity contribution >= 4 is 11.7 Å². The van der Waals surface area contributed by atoms with E-state index in [0.29, 0.717) is 0 Å². The number of rotatable bonds is 5. The van der Waals surface area contributed by atoms with Crippen LogP contribution in [-0.2, 0) is 4.74 Å². The van der Waals surface area contributed by atoms with Crippen molar-refractivity contribution < 1.29 is 24.9 Å². The molecular weight excluding hydrogens is 296 g/mol. The maximum atomic E-state index is 11.4. The lowest BCUT2D eigenvalue weighted by Gasteiger charge is -2.17. The van der Waals surface area contributed by atoms with Gasteiger partial charge >= 0.3 is 0 Å². The SMILES string of the molecule is CN(C)/N=N\c1c(C(N)=O)ncn1C1OC(CO)C(O)C1O. The van der Waals surface area contributed by atoms with Gasteiger partial charge in [0, 0.05) is 14.1 Å². The quantitative estimate of drug-likeness (QED) is 0.367. The third-order valence-corrected chi connectivity index (χ3v) is 3.11. The molecule has 122 valence electrons. The van der Waals surface area contributed by atoms with E-state index in [4.69, 9.17) is 15.6 Å². The first-order valence-corrected chi connectivity index (χ1v) is 6.44. The average Bonchev–Trinajstić information content (AvgIpc) is 2.99. The fourth-order valence-electron chi connectivity index (χ4n) is 2.06. The second-order valence-corrected chi connectivity index (χ2v) is 4.95. The van der Waals surface area contributed by atoms with E-state index in [2.05, 4.69) is 15.3 Å². The Hall–Kier alpha value is -2.08. The first-order valence-electron chi connectivity index (χ1n) is 6.44. The Kier molecular flexibility index (Phi) is 4.71. The van der Waals surface area contributed by atoms with Crippen molar-refractivity contribution in [2.45, 2.75) is 24.5 Å². The number of amides is 1. The lowest BCUT2D eigenvalue weighted by atomic mass is 10.1. The summed E-state index contributed by atoms with van der Waals surface area (Å²) in [5, 5.41) is 37.9. The minimum absolute atomic E-state index is 0.0176. The lowest BCUT2D eigenvalue weighted by molar-refractivity contribution is -0.0520. The monoisotopic (exact) mass is 314 g/mol. The van der Waals surface area contributed by atoms with E-state index in [1.54, 1.807) is 14.1 Å². The number of hydrogen-bond acceptors (Lipinski definition) is 8. The van der Waals surface area contributed by atoms with Crippen molar-refractivity contribution in [1.29, 1.82) is 0 Å². The highest BCUT2D eigenvalue weighted by Gasteiger charge is 2.44. The molecule has 0 spiro atoms. The summed E-state index contributed by atoms with van der Waals surface area (Å²) < 4.78 is 6.60. The van der Waals surface area contributed by atoms with E-state index in [0.717, 1.165) is 0 Å². The van der Waals surface area contributed by atoms with Crippen LogP contribution in [0.25, 0.3) is 0 Å². The van der Waals surface area contributed by atoms with Gasteiger partial charge in [0.15, 0.2) is 17.7 Å². The van der Waals surface area contributed by atoms with Crippen LogP contribution in [0.2, 0.25) is 0 Å². The summed E-state index contributed by atoms with van der Waals surface area (Å²) >= 11 is 0. The Balaban J connectivity index is 2.41. The van der Waals surface area contributed by atoms with Crippen molar-refractivity contribution in [3.63, 3.8) is 0 Å². The van der Waals surface area contributed by atoms with Gasteiger partial charge in [-0.1, -0.05) is 5.22 Å². The highest BCUT2D eigenvalue weighted by atomic mass is 16.6. The van der Waals surface area contributed by atoms with Gasteiger partial charge in [-0.2, -0.15) is 0 Å². The number of carbonyl (C=O) groups is 1. The van der Waals surface area contributed by atoms with Gasteiger partial charge in [0.25, 0.3) is 5.91 Å². The van der Waals surface area contributed by atoms with Crippen LogP contribution in [0.1, 0.15) is 16.7 Å². The lowest BCUT2D eigenvalue weighted by Crippen LogP contribution is -2.33. The molecule has 5 N–H and O–H groups in total. The van der Waals surface area contributed by atoms with Crippen LogP contribution in [0.15, 0.2) is 16.7 Å². The summed E-state index contributed by atoms with van der Waals surface area (Å²) in [7, 11) is 3.25. The second kappa shape index (κ2) is 6.36. The van der Waals surface area contributed by atoms with Crippen LogP contribution in [-0.4, -0.2) is 74.8 Å². The highest BCUT2D eigenvalue weighted by Crippen LogP contribution is 2.33. The fourth-order valence-corrected chi connectivity index (χ4v) is 2.06. The number of nitrogens with two attached hydrogens (primary N) is 1.